The number of carbonyl (C=O) groups excluding carboxylic acids is 1. The molecular weight excluding hydrogens is 232 g/mol. The van der Waals surface area contributed by atoms with Crippen LogP contribution in [0.25, 0.3) is 0 Å². The summed E-state index contributed by atoms with van der Waals surface area (Å²) >= 11 is 0. The molecule has 5 nitrogen and oxygen atoms in total. The predicted molar refractivity (Wildman–Crippen MR) is 69.0 cm³/mol. The molecular formula is C13H24N2O3. The molecule has 1 amide bonds. The summed E-state index contributed by atoms with van der Waals surface area (Å²) in [5, 5.41) is 12.1. The minimum atomic E-state index is -0.783. The van der Waals surface area contributed by atoms with Crippen LogP contribution in [0.4, 0.5) is 0 Å². The van der Waals surface area contributed by atoms with Crippen LogP contribution in [0.2, 0.25) is 0 Å². The molecule has 1 fully saturated rings. The first kappa shape index (κ1) is 15.0. The molecule has 1 unspecified atom stereocenters. The standard InChI is InChI=1S/C13H24N2O3/c1-10(14)5-6-11(16)15-9-13(12(17)18)7-3-2-4-8-13/h10H,2-9,14H2,1H3,(H,15,16)(H,17,18). The molecule has 1 saturated carbocycles. The second-order valence-corrected chi connectivity index (χ2v) is 5.44. The molecule has 1 atom stereocenters. The largest absolute Gasteiger partial charge is 0.481 e. The highest BCUT2D eigenvalue weighted by Gasteiger charge is 2.39. The second kappa shape index (κ2) is 6.73. The summed E-state index contributed by atoms with van der Waals surface area (Å²) in [5.41, 5.74) is 4.83. The minimum absolute atomic E-state index is 0.00105. The van der Waals surface area contributed by atoms with Crippen LogP contribution in [0, 0.1) is 5.41 Å². The molecule has 18 heavy (non-hydrogen) atoms. The summed E-state index contributed by atoms with van der Waals surface area (Å²) in [5.74, 6) is -0.881. The van der Waals surface area contributed by atoms with Crippen molar-refractivity contribution in [1.82, 2.24) is 5.32 Å². The molecule has 104 valence electrons. The number of nitrogens with two attached hydrogens (primary N) is 1. The molecule has 0 aliphatic heterocycles. The molecule has 0 aromatic heterocycles. The molecule has 0 aromatic carbocycles. The lowest BCUT2D eigenvalue weighted by Crippen LogP contribution is -2.44. The zero-order valence-electron chi connectivity index (χ0n) is 11.1. The van der Waals surface area contributed by atoms with Gasteiger partial charge in [-0.1, -0.05) is 19.3 Å². The van der Waals surface area contributed by atoms with Gasteiger partial charge in [-0.15, -0.1) is 0 Å². The van der Waals surface area contributed by atoms with Crippen LogP contribution in [0.15, 0.2) is 0 Å². The average molecular weight is 256 g/mol. The van der Waals surface area contributed by atoms with Gasteiger partial charge in [-0.05, 0) is 26.2 Å². The summed E-state index contributed by atoms with van der Waals surface area (Å²) < 4.78 is 0. The van der Waals surface area contributed by atoms with Crippen LogP contribution in [-0.2, 0) is 9.59 Å². The fraction of sp³-hybridized carbons (Fsp3) is 0.846. The van der Waals surface area contributed by atoms with E-state index < -0.39 is 11.4 Å². The lowest BCUT2D eigenvalue weighted by atomic mass is 9.74. The summed E-state index contributed by atoms with van der Waals surface area (Å²) in [7, 11) is 0. The fourth-order valence-corrected chi connectivity index (χ4v) is 2.41. The predicted octanol–water partition coefficient (Wildman–Crippen LogP) is 1.27. The molecule has 0 radical (unpaired) electrons. The Kier molecular flexibility index (Phi) is 5.59. The van der Waals surface area contributed by atoms with E-state index in [1.165, 1.54) is 0 Å². The number of rotatable bonds is 6. The quantitative estimate of drug-likeness (QED) is 0.667. The summed E-state index contributed by atoms with van der Waals surface area (Å²) in [6, 6.07) is -0.00105. The van der Waals surface area contributed by atoms with E-state index in [0.29, 0.717) is 25.7 Å². The van der Waals surface area contributed by atoms with Crippen molar-refractivity contribution in [3.05, 3.63) is 0 Å². The normalized spacial score (nSPS) is 20.1. The summed E-state index contributed by atoms with van der Waals surface area (Å²) in [6.07, 6.45) is 5.28. The maximum absolute atomic E-state index is 11.6. The van der Waals surface area contributed by atoms with Crippen LogP contribution < -0.4 is 11.1 Å². The Hall–Kier alpha value is -1.10. The third-order valence-corrected chi connectivity index (χ3v) is 3.72. The highest BCUT2D eigenvalue weighted by Crippen LogP contribution is 2.35. The molecule has 0 bridgehead atoms. The fourth-order valence-electron chi connectivity index (χ4n) is 2.41. The van der Waals surface area contributed by atoms with Gasteiger partial charge in [-0.25, -0.2) is 0 Å². The van der Waals surface area contributed by atoms with Gasteiger partial charge in [0.2, 0.25) is 5.91 Å². The molecule has 0 spiro atoms. The van der Waals surface area contributed by atoms with Gasteiger partial charge in [0.1, 0.15) is 0 Å². The number of hydrogen-bond donors (Lipinski definition) is 3. The summed E-state index contributed by atoms with van der Waals surface area (Å²) in [4.78, 5) is 23.0. The lowest BCUT2D eigenvalue weighted by molar-refractivity contribution is -0.151. The van der Waals surface area contributed by atoms with Gasteiger partial charge in [-0.3, -0.25) is 9.59 Å². The number of nitrogens with one attached hydrogen (secondary N) is 1. The zero-order valence-corrected chi connectivity index (χ0v) is 11.1. The zero-order chi connectivity index (χ0) is 13.6. The second-order valence-electron chi connectivity index (χ2n) is 5.44. The first-order chi connectivity index (χ1) is 8.46. The lowest BCUT2D eigenvalue weighted by Gasteiger charge is -2.33. The number of carboxylic acids is 1. The van der Waals surface area contributed by atoms with Gasteiger partial charge in [0.15, 0.2) is 0 Å². The van der Waals surface area contributed by atoms with Crippen LogP contribution in [0.1, 0.15) is 51.9 Å². The van der Waals surface area contributed by atoms with Crippen molar-refractivity contribution in [2.75, 3.05) is 6.54 Å². The molecule has 1 aliphatic carbocycles. The van der Waals surface area contributed by atoms with E-state index in [1.807, 2.05) is 6.92 Å². The smallest absolute Gasteiger partial charge is 0.311 e. The van der Waals surface area contributed by atoms with Gasteiger partial charge in [-0.2, -0.15) is 0 Å². The van der Waals surface area contributed by atoms with Crippen LogP contribution in [0.5, 0.6) is 0 Å². The van der Waals surface area contributed by atoms with E-state index in [-0.39, 0.29) is 18.5 Å². The Balaban J connectivity index is 2.42. The molecule has 4 N–H and O–H groups in total. The number of amides is 1. The van der Waals surface area contributed by atoms with Gasteiger partial charge in [0, 0.05) is 19.0 Å². The molecule has 5 heteroatoms. The first-order valence-corrected chi connectivity index (χ1v) is 6.72. The van der Waals surface area contributed by atoms with Crippen molar-refractivity contribution < 1.29 is 14.7 Å². The maximum Gasteiger partial charge on any atom is 0.311 e. The molecule has 1 rings (SSSR count). The van der Waals surface area contributed by atoms with E-state index in [2.05, 4.69) is 5.32 Å². The topological polar surface area (TPSA) is 92.4 Å². The third kappa shape index (κ3) is 4.29. The Labute approximate surface area is 108 Å². The molecule has 1 aliphatic rings. The molecule has 0 saturated heterocycles. The highest BCUT2D eigenvalue weighted by molar-refractivity contribution is 5.79. The van der Waals surface area contributed by atoms with E-state index in [4.69, 9.17) is 5.73 Å². The van der Waals surface area contributed by atoms with Crippen molar-refractivity contribution in [2.45, 2.75) is 57.9 Å². The Morgan fingerprint density at radius 1 is 1.33 bits per heavy atom. The molecule has 0 heterocycles. The van der Waals surface area contributed by atoms with Crippen molar-refractivity contribution in [3.8, 4) is 0 Å². The van der Waals surface area contributed by atoms with Gasteiger partial charge in [0.05, 0.1) is 5.41 Å². The molecule has 0 aromatic rings. The van der Waals surface area contributed by atoms with Crippen molar-refractivity contribution in [3.63, 3.8) is 0 Å². The van der Waals surface area contributed by atoms with E-state index >= 15 is 0 Å². The first-order valence-electron chi connectivity index (χ1n) is 6.72. The van der Waals surface area contributed by atoms with Crippen LogP contribution in [-0.4, -0.2) is 29.6 Å². The SMILES string of the molecule is CC(N)CCC(=O)NCC1(C(=O)O)CCCCC1. The third-order valence-electron chi connectivity index (χ3n) is 3.72. The summed E-state index contributed by atoms with van der Waals surface area (Å²) in [6.45, 7) is 2.10. The van der Waals surface area contributed by atoms with Crippen molar-refractivity contribution >= 4 is 11.9 Å². The minimum Gasteiger partial charge on any atom is -0.481 e. The van der Waals surface area contributed by atoms with Crippen molar-refractivity contribution in [2.24, 2.45) is 11.1 Å². The van der Waals surface area contributed by atoms with Crippen LogP contribution in [0.3, 0.4) is 0 Å². The van der Waals surface area contributed by atoms with E-state index in [0.717, 1.165) is 19.3 Å². The van der Waals surface area contributed by atoms with Crippen LogP contribution >= 0.6 is 0 Å². The van der Waals surface area contributed by atoms with E-state index in [1.54, 1.807) is 0 Å². The average Bonchev–Trinajstić information content (AvgIpc) is 2.34. The number of hydrogen-bond acceptors (Lipinski definition) is 3. The van der Waals surface area contributed by atoms with Gasteiger partial charge >= 0.3 is 5.97 Å². The number of aliphatic carboxylic acids is 1. The number of carbonyl (C=O) groups is 2. The van der Waals surface area contributed by atoms with Crippen molar-refractivity contribution in [1.29, 1.82) is 0 Å². The Bertz CT molecular complexity index is 297. The van der Waals surface area contributed by atoms with E-state index in [9.17, 15) is 14.7 Å². The monoisotopic (exact) mass is 256 g/mol. The Morgan fingerprint density at radius 2 is 1.94 bits per heavy atom. The number of carboxylic acid groups (broad SMARTS) is 1. The maximum atomic E-state index is 11.6. The van der Waals surface area contributed by atoms with Gasteiger partial charge < -0.3 is 16.2 Å². The Morgan fingerprint density at radius 3 is 2.44 bits per heavy atom. The van der Waals surface area contributed by atoms with Gasteiger partial charge in [0.25, 0.3) is 0 Å². The highest BCUT2D eigenvalue weighted by atomic mass is 16.4.